The van der Waals surface area contributed by atoms with Crippen LogP contribution in [0.4, 0.5) is 0 Å². The van der Waals surface area contributed by atoms with E-state index in [2.05, 4.69) is 4.90 Å². The van der Waals surface area contributed by atoms with E-state index in [4.69, 9.17) is 0 Å². The van der Waals surface area contributed by atoms with Crippen LogP contribution in [0.3, 0.4) is 0 Å². The van der Waals surface area contributed by atoms with Crippen LogP contribution in [0.15, 0.2) is 0 Å². The van der Waals surface area contributed by atoms with Gasteiger partial charge in [0, 0.05) is 13.1 Å². The van der Waals surface area contributed by atoms with Gasteiger partial charge in [0.25, 0.3) is 0 Å². The monoisotopic (exact) mass is 240 g/mol. The minimum absolute atomic E-state index is 0.119. The van der Waals surface area contributed by atoms with Gasteiger partial charge in [0.2, 0.25) is 5.91 Å². The van der Waals surface area contributed by atoms with Gasteiger partial charge in [-0.2, -0.15) is 0 Å². The van der Waals surface area contributed by atoms with Crippen LogP contribution in [-0.2, 0) is 4.79 Å². The standard InChI is InChI=1S/C13H24N2O2/c16-12-10-13(17)15(11-12)9-5-8-14-6-3-1-2-4-7-14/h12,16H,1-11H2. The number of nitrogens with zero attached hydrogens (tertiary/aromatic N) is 2. The third-order valence-corrected chi connectivity index (χ3v) is 3.80. The Labute approximate surface area is 104 Å². The lowest BCUT2D eigenvalue weighted by Gasteiger charge is -2.22. The van der Waals surface area contributed by atoms with Crippen LogP contribution in [0.2, 0.25) is 0 Å². The summed E-state index contributed by atoms with van der Waals surface area (Å²) >= 11 is 0. The molecular formula is C13H24N2O2. The van der Waals surface area contributed by atoms with Gasteiger partial charge < -0.3 is 14.9 Å². The van der Waals surface area contributed by atoms with Gasteiger partial charge in [-0.1, -0.05) is 12.8 Å². The van der Waals surface area contributed by atoms with Crippen LogP contribution in [0, 0.1) is 0 Å². The second kappa shape index (κ2) is 6.36. The molecule has 2 saturated heterocycles. The Bertz CT molecular complexity index is 250. The highest BCUT2D eigenvalue weighted by Crippen LogP contribution is 2.13. The number of carbonyl (C=O) groups is 1. The van der Waals surface area contributed by atoms with E-state index in [1.165, 1.54) is 38.8 Å². The maximum atomic E-state index is 11.5. The zero-order chi connectivity index (χ0) is 12.1. The Kier molecular flexibility index (Phi) is 4.80. The predicted molar refractivity (Wildman–Crippen MR) is 66.7 cm³/mol. The molecular weight excluding hydrogens is 216 g/mol. The number of carbonyl (C=O) groups excluding carboxylic acids is 1. The zero-order valence-electron chi connectivity index (χ0n) is 10.6. The van der Waals surface area contributed by atoms with Gasteiger partial charge in [0.15, 0.2) is 0 Å². The molecule has 2 fully saturated rings. The highest BCUT2D eigenvalue weighted by molar-refractivity contribution is 5.78. The average molecular weight is 240 g/mol. The molecule has 2 rings (SSSR count). The number of likely N-dealkylation sites (tertiary alicyclic amines) is 2. The smallest absolute Gasteiger partial charge is 0.225 e. The Morgan fingerprint density at radius 1 is 1.12 bits per heavy atom. The minimum atomic E-state index is -0.430. The fourth-order valence-corrected chi connectivity index (χ4v) is 2.81. The first-order valence-corrected chi connectivity index (χ1v) is 6.94. The summed E-state index contributed by atoms with van der Waals surface area (Å²) in [6.07, 6.45) is 6.31. The molecule has 0 aromatic rings. The van der Waals surface area contributed by atoms with Crippen LogP contribution >= 0.6 is 0 Å². The van der Waals surface area contributed by atoms with Gasteiger partial charge >= 0.3 is 0 Å². The molecule has 17 heavy (non-hydrogen) atoms. The van der Waals surface area contributed by atoms with E-state index in [1.807, 2.05) is 4.90 Å². The highest BCUT2D eigenvalue weighted by atomic mass is 16.3. The molecule has 2 heterocycles. The van der Waals surface area contributed by atoms with Gasteiger partial charge in [-0.3, -0.25) is 4.79 Å². The van der Waals surface area contributed by atoms with Gasteiger partial charge in [-0.15, -0.1) is 0 Å². The summed E-state index contributed by atoms with van der Waals surface area (Å²) in [4.78, 5) is 15.8. The third kappa shape index (κ3) is 3.96. The molecule has 0 saturated carbocycles. The van der Waals surface area contributed by atoms with Crippen LogP contribution < -0.4 is 0 Å². The summed E-state index contributed by atoms with van der Waals surface area (Å²) in [6.45, 7) is 4.89. The number of β-amino-alcohol motifs (C(OH)–C–C–N with tert-alkyl or cyclic N) is 1. The summed E-state index contributed by atoms with van der Waals surface area (Å²) in [5.41, 5.74) is 0. The van der Waals surface area contributed by atoms with Crippen molar-refractivity contribution in [2.45, 2.75) is 44.6 Å². The molecule has 1 amide bonds. The van der Waals surface area contributed by atoms with Crippen molar-refractivity contribution in [3.63, 3.8) is 0 Å². The van der Waals surface area contributed by atoms with Crippen molar-refractivity contribution in [2.24, 2.45) is 0 Å². The van der Waals surface area contributed by atoms with Crippen LogP contribution in [0.5, 0.6) is 0 Å². The number of hydrogen-bond donors (Lipinski definition) is 1. The first kappa shape index (κ1) is 12.8. The molecule has 0 spiro atoms. The molecule has 2 aliphatic heterocycles. The lowest BCUT2D eigenvalue weighted by molar-refractivity contribution is -0.127. The first-order valence-electron chi connectivity index (χ1n) is 6.94. The maximum Gasteiger partial charge on any atom is 0.225 e. The molecule has 0 aliphatic carbocycles. The fourth-order valence-electron chi connectivity index (χ4n) is 2.81. The normalized spacial score (nSPS) is 27.5. The molecule has 0 bridgehead atoms. The Morgan fingerprint density at radius 3 is 2.41 bits per heavy atom. The van der Waals surface area contributed by atoms with Gasteiger partial charge in [-0.25, -0.2) is 0 Å². The van der Waals surface area contributed by atoms with E-state index in [0.29, 0.717) is 13.0 Å². The largest absolute Gasteiger partial charge is 0.391 e. The van der Waals surface area contributed by atoms with Crippen molar-refractivity contribution in [1.29, 1.82) is 0 Å². The van der Waals surface area contributed by atoms with E-state index in [0.717, 1.165) is 19.5 Å². The molecule has 1 N–H and O–H groups in total. The second-order valence-corrected chi connectivity index (χ2v) is 5.31. The van der Waals surface area contributed by atoms with Gasteiger partial charge in [0.05, 0.1) is 12.5 Å². The van der Waals surface area contributed by atoms with Crippen molar-refractivity contribution in [3.05, 3.63) is 0 Å². The lowest BCUT2D eigenvalue weighted by atomic mass is 10.2. The average Bonchev–Trinajstić information content (AvgIpc) is 2.54. The van der Waals surface area contributed by atoms with E-state index in [1.54, 1.807) is 0 Å². The van der Waals surface area contributed by atoms with Crippen molar-refractivity contribution in [3.8, 4) is 0 Å². The summed E-state index contributed by atoms with van der Waals surface area (Å²) in [7, 11) is 0. The first-order chi connectivity index (χ1) is 8.25. The number of aliphatic hydroxyl groups excluding tert-OH is 1. The number of rotatable bonds is 4. The summed E-state index contributed by atoms with van der Waals surface area (Å²) in [5, 5.41) is 9.38. The second-order valence-electron chi connectivity index (χ2n) is 5.31. The highest BCUT2D eigenvalue weighted by Gasteiger charge is 2.27. The van der Waals surface area contributed by atoms with Crippen LogP contribution in [0.25, 0.3) is 0 Å². The summed E-state index contributed by atoms with van der Waals surface area (Å²) in [5.74, 6) is 0.119. The van der Waals surface area contributed by atoms with Crippen molar-refractivity contribution >= 4 is 5.91 Å². The Morgan fingerprint density at radius 2 is 1.82 bits per heavy atom. The molecule has 98 valence electrons. The zero-order valence-corrected chi connectivity index (χ0v) is 10.6. The molecule has 2 aliphatic rings. The Balaban J connectivity index is 1.63. The fraction of sp³-hybridized carbons (Fsp3) is 0.923. The minimum Gasteiger partial charge on any atom is -0.391 e. The van der Waals surface area contributed by atoms with Crippen LogP contribution in [0.1, 0.15) is 38.5 Å². The van der Waals surface area contributed by atoms with Crippen LogP contribution in [-0.4, -0.2) is 59.6 Å². The van der Waals surface area contributed by atoms with Gasteiger partial charge in [0.1, 0.15) is 0 Å². The molecule has 4 heteroatoms. The lowest BCUT2D eigenvalue weighted by Crippen LogP contribution is -2.31. The quantitative estimate of drug-likeness (QED) is 0.792. The van der Waals surface area contributed by atoms with Gasteiger partial charge in [-0.05, 0) is 38.9 Å². The number of hydrogen-bond acceptors (Lipinski definition) is 3. The number of aliphatic hydroxyl groups is 1. The van der Waals surface area contributed by atoms with Crippen molar-refractivity contribution in [1.82, 2.24) is 9.80 Å². The van der Waals surface area contributed by atoms with E-state index < -0.39 is 6.10 Å². The summed E-state index contributed by atoms with van der Waals surface area (Å²) < 4.78 is 0. The third-order valence-electron chi connectivity index (χ3n) is 3.80. The van der Waals surface area contributed by atoms with E-state index in [-0.39, 0.29) is 5.91 Å². The molecule has 0 radical (unpaired) electrons. The number of amides is 1. The topological polar surface area (TPSA) is 43.8 Å². The Hall–Kier alpha value is -0.610. The maximum absolute atomic E-state index is 11.5. The van der Waals surface area contributed by atoms with E-state index in [9.17, 15) is 9.90 Å². The van der Waals surface area contributed by atoms with Crippen molar-refractivity contribution < 1.29 is 9.90 Å². The molecule has 0 aromatic heterocycles. The molecule has 4 nitrogen and oxygen atoms in total. The van der Waals surface area contributed by atoms with Crippen molar-refractivity contribution in [2.75, 3.05) is 32.7 Å². The molecule has 1 atom stereocenters. The van der Waals surface area contributed by atoms with E-state index >= 15 is 0 Å². The summed E-state index contributed by atoms with van der Waals surface area (Å²) in [6, 6.07) is 0. The predicted octanol–water partition coefficient (Wildman–Crippen LogP) is 0.846. The molecule has 0 aromatic carbocycles. The SMILES string of the molecule is O=C1CC(O)CN1CCCN1CCCCCC1. The molecule has 1 unspecified atom stereocenters.